The first-order chi connectivity index (χ1) is 34.0. The van der Waals surface area contributed by atoms with E-state index in [-0.39, 0.29) is 19.1 Å². The van der Waals surface area contributed by atoms with Crippen LogP contribution in [0.1, 0.15) is 258 Å². The molecule has 0 heterocycles. The Morgan fingerprint density at radius 2 is 0.829 bits per heavy atom. The molecule has 0 fully saturated rings. The van der Waals surface area contributed by atoms with Crippen molar-refractivity contribution in [2.75, 3.05) is 40.9 Å². The van der Waals surface area contributed by atoms with Crippen molar-refractivity contribution >= 4 is 13.7 Å². The molecule has 0 aliphatic rings. The van der Waals surface area contributed by atoms with E-state index in [0.29, 0.717) is 17.4 Å². The van der Waals surface area contributed by atoms with E-state index in [1.807, 2.05) is 27.2 Å². The molecule has 3 unspecified atom stereocenters. The van der Waals surface area contributed by atoms with Crippen molar-refractivity contribution in [1.82, 2.24) is 5.32 Å². The molecule has 0 radical (unpaired) electrons. The van der Waals surface area contributed by atoms with Crippen LogP contribution in [0.2, 0.25) is 0 Å². The van der Waals surface area contributed by atoms with Crippen LogP contribution in [0.5, 0.6) is 0 Å². The summed E-state index contributed by atoms with van der Waals surface area (Å²) in [6, 6.07) is -0.879. The smallest absolute Gasteiger partial charge is 0.387 e. The van der Waals surface area contributed by atoms with Gasteiger partial charge in [0.1, 0.15) is 13.2 Å². The van der Waals surface area contributed by atoms with Crippen LogP contribution in [-0.4, -0.2) is 73.4 Å². The number of nitrogens with one attached hydrogen (secondary N) is 1. The number of unbranched alkanes of at least 4 members (excludes halogenated alkanes) is 30. The van der Waals surface area contributed by atoms with Crippen LogP contribution in [0, 0.1) is 0 Å². The van der Waals surface area contributed by atoms with E-state index in [2.05, 4.69) is 79.9 Å². The predicted octanol–water partition coefficient (Wildman–Crippen LogP) is 17.9. The molecule has 8 nitrogen and oxygen atoms in total. The molecule has 70 heavy (non-hydrogen) atoms. The maximum absolute atomic E-state index is 13.0. The molecular weight excluding hydrogens is 888 g/mol. The summed E-state index contributed by atoms with van der Waals surface area (Å²) in [7, 11) is 1.54. The highest BCUT2D eigenvalue weighted by atomic mass is 31.2. The minimum Gasteiger partial charge on any atom is -0.387 e. The number of likely N-dealkylation sites (N-methyl/N-ethyl adjacent to an activating group) is 1. The molecule has 0 rings (SSSR count). The zero-order chi connectivity index (χ0) is 51.3. The quantitative estimate of drug-likeness (QED) is 0.0243. The number of aliphatic hydroxyl groups is 1. The van der Waals surface area contributed by atoms with Crippen molar-refractivity contribution in [2.45, 2.75) is 270 Å². The minimum atomic E-state index is -4.37. The number of rotatable bonds is 53. The van der Waals surface area contributed by atoms with Gasteiger partial charge in [0, 0.05) is 6.42 Å². The number of hydrogen-bond donors (Lipinski definition) is 3. The predicted molar refractivity (Wildman–Crippen MR) is 304 cm³/mol. The van der Waals surface area contributed by atoms with Crippen molar-refractivity contribution in [3.8, 4) is 0 Å². The fourth-order valence-corrected chi connectivity index (χ4v) is 8.99. The van der Waals surface area contributed by atoms with Crippen LogP contribution >= 0.6 is 7.82 Å². The van der Waals surface area contributed by atoms with Crippen LogP contribution in [0.25, 0.3) is 0 Å². The number of amides is 1. The Labute approximate surface area is 434 Å². The SMILES string of the molecule is CCCCCCC/C=C\C/C=C\C/C=C\CCCCCCCCCCC(=O)NC(COP(=O)(O)OCC[N+](C)(C)C)C(O)/C=C/CC/C=C/CC/C=C/CCCCCCCCCCCCCCCCC. The Morgan fingerprint density at radius 1 is 0.486 bits per heavy atom. The maximum atomic E-state index is 13.0. The molecule has 0 aromatic heterocycles. The summed E-state index contributed by atoms with van der Waals surface area (Å²) in [4.78, 5) is 23.3. The van der Waals surface area contributed by atoms with E-state index < -0.39 is 20.0 Å². The molecule has 0 saturated carbocycles. The summed E-state index contributed by atoms with van der Waals surface area (Å²) < 4.78 is 23.7. The molecule has 9 heteroatoms. The second-order valence-electron chi connectivity index (χ2n) is 21.0. The summed E-state index contributed by atoms with van der Waals surface area (Å²) in [6.45, 7) is 4.78. The second-order valence-corrected chi connectivity index (χ2v) is 22.4. The van der Waals surface area contributed by atoms with Crippen LogP contribution in [-0.2, 0) is 18.4 Å². The number of carbonyl (C=O) groups excluding carboxylic acids is 1. The van der Waals surface area contributed by atoms with Crippen LogP contribution in [0.15, 0.2) is 72.9 Å². The lowest BCUT2D eigenvalue weighted by molar-refractivity contribution is -0.870. The van der Waals surface area contributed by atoms with E-state index in [9.17, 15) is 19.4 Å². The van der Waals surface area contributed by atoms with E-state index in [1.165, 1.54) is 173 Å². The lowest BCUT2D eigenvalue weighted by atomic mass is 10.0. The fraction of sp³-hybridized carbons (Fsp3) is 0.787. The average molecular weight is 1000 g/mol. The molecule has 0 spiro atoms. The number of aliphatic hydroxyl groups excluding tert-OH is 1. The van der Waals surface area contributed by atoms with Crippen molar-refractivity contribution < 1.29 is 32.9 Å². The maximum Gasteiger partial charge on any atom is 0.472 e. The average Bonchev–Trinajstić information content (AvgIpc) is 3.32. The van der Waals surface area contributed by atoms with Gasteiger partial charge < -0.3 is 19.8 Å². The number of nitrogens with zero attached hydrogens (tertiary/aromatic N) is 1. The highest BCUT2D eigenvalue weighted by Gasteiger charge is 2.27. The number of phosphoric acid groups is 1. The van der Waals surface area contributed by atoms with Gasteiger partial charge in [0.05, 0.1) is 39.9 Å². The fourth-order valence-electron chi connectivity index (χ4n) is 8.26. The van der Waals surface area contributed by atoms with Crippen molar-refractivity contribution in [3.05, 3.63) is 72.9 Å². The number of allylic oxidation sites excluding steroid dienone is 11. The summed E-state index contributed by atoms with van der Waals surface area (Å²) in [5.41, 5.74) is 0. The van der Waals surface area contributed by atoms with Crippen LogP contribution in [0.4, 0.5) is 0 Å². The molecule has 0 saturated heterocycles. The van der Waals surface area contributed by atoms with Gasteiger partial charge in [0.15, 0.2) is 0 Å². The van der Waals surface area contributed by atoms with Gasteiger partial charge in [0.2, 0.25) is 5.91 Å². The van der Waals surface area contributed by atoms with E-state index in [4.69, 9.17) is 9.05 Å². The first-order valence-electron chi connectivity index (χ1n) is 29.3. The third kappa shape index (κ3) is 53.7. The van der Waals surface area contributed by atoms with Gasteiger partial charge in [-0.2, -0.15) is 0 Å². The molecular formula is C61H114N2O6P+. The molecule has 3 N–H and O–H groups in total. The minimum absolute atomic E-state index is 0.0491. The summed E-state index contributed by atoms with van der Waals surface area (Å²) in [5, 5.41) is 13.9. The summed E-state index contributed by atoms with van der Waals surface area (Å²) in [6.07, 6.45) is 71.5. The third-order valence-electron chi connectivity index (χ3n) is 12.9. The van der Waals surface area contributed by atoms with Gasteiger partial charge in [0.25, 0.3) is 0 Å². The Balaban J connectivity index is 4.32. The topological polar surface area (TPSA) is 105 Å². The molecule has 0 aromatic rings. The molecule has 0 aliphatic carbocycles. The Hall–Kier alpha value is -2.06. The van der Waals surface area contributed by atoms with E-state index in [1.54, 1.807) is 6.08 Å². The standard InChI is InChI=1S/C61H113N2O6P/c1-6-8-10-12-14-16-18-20-22-24-26-28-30-31-33-34-36-38-40-42-44-46-48-50-52-54-60(64)59(58-69-70(66,67)68-57-56-63(3,4)5)62-61(65)55-53-51-49-47-45-43-41-39-37-35-32-29-27-25-23-21-19-17-15-13-11-9-7-2/h19,21,25,27,32,35-36,38,44,46,52,54,59-60,64H,6-18,20,22-24,26,28-31,33-34,37,39-43,45,47-51,53,55-58H2,1-5H3,(H-,62,65,66,67)/p+1/b21-19-,27-25-,35-32-,38-36+,46-44+,54-52+. The van der Waals surface area contributed by atoms with Crippen molar-refractivity contribution in [1.29, 1.82) is 0 Å². The molecule has 3 atom stereocenters. The lowest BCUT2D eigenvalue weighted by Gasteiger charge is -2.25. The monoisotopic (exact) mass is 1000 g/mol. The van der Waals surface area contributed by atoms with E-state index in [0.717, 1.165) is 64.2 Å². The normalized spacial score (nSPS) is 14.4. The number of hydrogen-bond acceptors (Lipinski definition) is 5. The van der Waals surface area contributed by atoms with Gasteiger partial charge in [-0.3, -0.25) is 13.8 Å². The highest BCUT2D eigenvalue weighted by molar-refractivity contribution is 7.47. The largest absolute Gasteiger partial charge is 0.472 e. The zero-order valence-electron chi connectivity index (χ0n) is 46.5. The van der Waals surface area contributed by atoms with Crippen LogP contribution < -0.4 is 5.32 Å². The zero-order valence-corrected chi connectivity index (χ0v) is 47.4. The Kier molecular flexibility index (Phi) is 50.3. The number of phosphoric ester groups is 1. The second kappa shape index (κ2) is 51.8. The van der Waals surface area contributed by atoms with Gasteiger partial charge in [-0.15, -0.1) is 0 Å². The van der Waals surface area contributed by atoms with Gasteiger partial charge in [-0.05, 0) is 83.5 Å². The van der Waals surface area contributed by atoms with Gasteiger partial charge in [-0.1, -0.05) is 241 Å². The van der Waals surface area contributed by atoms with Crippen LogP contribution in [0.3, 0.4) is 0 Å². The molecule has 1 amide bonds. The molecule has 0 bridgehead atoms. The molecule has 0 aromatic carbocycles. The van der Waals surface area contributed by atoms with Gasteiger partial charge in [-0.25, -0.2) is 4.57 Å². The Morgan fingerprint density at radius 3 is 1.24 bits per heavy atom. The van der Waals surface area contributed by atoms with Crippen molar-refractivity contribution in [2.24, 2.45) is 0 Å². The molecule has 408 valence electrons. The Bertz CT molecular complexity index is 1370. The first-order valence-corrected chi connectivity index (χ1v) is 30.8. The number of carbonyl (C=O) groups is 1. The van der Waals surface area contributed by atoms with Gasteiger partial charge >= 0.3 is 7.82 Å². The summed E-state index contributed by atoms with van der Waals surface area (Å²) >= 11 is 0. The highest BCUT2D eigenvalue weighted by Crippen LogP contribution is 2.43. The lowest BCUT2D eigenvalue weighted by Crippen LogP contribution is -2.45. The first kappa shape index (κ1) is 67.9. The van der Waals surface area contributed by atoms with E-state index >= 15 is 0 Å². The summed E-state index contributed by atoms with van der Waals surface area (Å²) in [5.74, 6) is -0.199. The molecule has 0 aliphatic heterocycles. The van der Waals surface area contributed by atoms with Crippen molar-refractivity contribution in [3.63, 3.8) is 0 Å². The third-order valence-corrected chi connectivity index (χ3v) is 13.9. The number of quaternary nitrogens is 1.